The van der Waals surface area contributed by atoms with Crippen molar-refractivity contribution in [3.63, 3.8) is 0 Å². The molecule has 0 aromatic carbocycles. The van der Waals surface area contributed by atoms with Gasteiger partial charge in [-0.2, -0.15) is 0 Å². The van der Waals surface area contributed by atoms with Gasteiger partial charge < -0.3 is 10.1 Å². The fourth-order valence-electron chi connectivity index (χ4n) is 3.02. The summed E-state index contributed by atoms with van der Waals surface area (Å²) in [5.41, 5.74) is 0.252. The highest BCUT2D eigenvalue weighted by Gasteiger charge is 2.42. The first kappa shape index (κ1) is 12.1. The van der Waals surface area contributed by atoms with Crippen LogP contribution in [0.5, 0.6) is 0 Å². The summed E-state index contributed by atoms with van der Waals surface area (Å²) >= 11 is 0. The molecule has 5 heteroatoms. The van der Waals surface area contributed by atoms with Crippen LogP contribution in [0, 0.1) is 0 Å². The topological polar surface area (TPSA) is 52.0 Å². The minimum atomic E-state index is 0.252. The van der Waals surface area contributed by atoms with Crippen LogP contribution < -0.4 is 5.32 Å². The fraction of sp³-hybridized carbons (Fsp3) is 0.846. The standard InChI is InChI=1S/C13H22N4O/c1-4-13(5-1)11-12(3-10-18-13)14-6-2-8-17-9-7-15-16-17/h7,9,12,14H,1-6,8,10-11H2. The molecule has 1 aromatic heterocycles. The number of aromatic nitrogens is 3. The summed E-state index contributed by atoms with van der Waals surface area (Å²) in [7, 11) is 0. The summed E-state index contributed by atoms with van der Waals surface area (Å²) in [4.78, 5) is 0. The Kier molecular flexibility index (Phi) is 3.61. The van der Waals surface area contributed by atoms with Crippen LogP contribution in [0.2, 0.25) is 0 Å². The van der Waals surface area contributed by atoms with Gasteiger partial charge in [0.25, 0.3) is 0 Å². The van der Waals surface area contributed by atoms with Gasteiger partial charge in [0.1, 0.15) is 0 Å². The Morgan fingerprint density at radius 2 is 2.39 bits per heavy atom. The average Bonchev–Trinajstić information content (AvgIpc) is 2.86. The molecule has 100 valence electrons. The molecule has 2 fully saturated rings. The first-order chi connectivity index (χ1) is 8.86. The first-order valence-electron chi connectivity index (χ1n) is 7.08. The van der Waals surface area contributed by atoms with Gasteiger partial charge in [-0.05, 0) is 45.1 Å². The summed E-state index contributed by atoms with van der Waals surface area (Å²) in [6.07, 6.45) is 11.0. The monoisotopic (exact) mass is 250 g/mol. The van der Waals surface area contributed by atoms with Crippen molar-refractivity contribution >= 4 is 0 Å². The summed E-state index contributed by atoms with van der Waals surface area (Å²) < 4.78 is 7.82. The number of rotatable bonds is 5. The molecule has 3 rings (SSSR count). The molecule has 5 nitrogen and oxygen atoms in total. The van der Waals surface area contributed by atoms with Crippen LogP contribution >= 0.6 is 0 Å². The van der Waals surface area contributed by atoms with Crippen LogP contribution in [0.4, 0.5) is 0 Å². The van der Waals surface area contributed by atoms with Crippen molar-refractivity contribution in [2.75, 3.05) is 13.2 Å². The number of nitrogens with zero attached hydrogens (tertiary/aromatic N) is 3. The maximum Gasteiger partial charge on any atom is 0.0697 e. The van der Waals surface area contributed by atoms with Crippen molar-refractivity contribution in [2.45, 2.75) is 56.7 Å². The third-order valence-electron chi connectivity index (χ3n) is 4.23. The lowest BCUT2D eigenvalue weighted by Crippen LogP contribution is -2.51. The predicted octanol–water partition coefficient (Wildman–Crippen LogP) is 1.36. The Bertz CT molecular complexity index is 361. The maximum atomic E-state index is 5.93. The molecule has 0 radical (unpaired) electrons. The predicted molar refractivity (Wildman–Crippen MR) is 68.2 cm³/mol. The molecule has 1 saturated carbocycles. The molecular formula is C13H22N4O. The van der Waals surface area contributed by atoms with Gasteiger partial charge in [0, 0.05) is 25.4 Å². The van der Waals surface area contributed by atoms with Crippen molar-refractivity contribution in [3.8, 4) is 0 Å². The van der Waals surface area contributed by atoms with Crippen molar-refractivity contribution in [3.05, 3.63) is 12.4 Å². The number of hydrogen-bond acceptors (Lipinski definition) is 4. The second-order valence-electron chi connectivity index (χ2n) is 5.55. The molecule has 1 unspecified atom stereocenters. The molecule has 0 bridgehead atoms. The Morgan fingerprint density at radius 3 is 3.11 bits per heavy atom. The van der Waals surface area contributed by atoms with Crippen molar-refractivity contribution < 1.29 is 4.74 Å². The molecule has 1 aliphatic heterocycles. The molecule has 0 amide bonds. The van der Waals surface area contributed by atoms with Gasteiger partial charge in [0.2, 0.25) is 0 Å². The third kappa shape index (κ3) is 2.72. The van der Waals surface area contributed by atoms with Gasteiger partial charge in [-0.1, -0.05) is 5.21 Å². The van der Waals surface area contributed by atoms with Crippen LogP contribution in [-0.4, -0.2) is 39.8 Å². The highest BCUT2D eigenvalue weighted by atomic mass is 16.5. The molecule has 1 aromatic rings. The van der Waals surface area contributed by atoms with E-state index in [2.05, 4.69) is 15.6 Å². The van der Waals surface area contributed by atoms with Gasteiger partial charge >= 0.3 is 0 Å². The fourth-order valence-corrected chi connectivity index (χ4v) is 3.02. The Balaban J connectivity index is 1.35. The summed E-state index contributed by atoms with van der Waals surface area (Å²) in [5.74, 6) is 0. The van der Waals surface area contributed by atoms with Crippen LogP contribution in [0.3, 0.4) is 0 Å². The van der Waals surface area contributed by atoms with E-state index in [0.29, 0.717) is 6.04 Å². The molecule has 18 heavy (non-hydrogen) atoms. The summed E-state index contributed by atoms with van der Waals surface area (Å²) in [5, 5.41) is 11.4. The lowest BCUT2D eigenvalue weighted by molar-refractivity contribution is -0.135. The van der Waals surface area contributed by atoms with Crippen LogP contribution in [0.15, 0.2) is 12.4 Å². The highest BCUT2D eigenvalue weighted by molar-refractivity contribution is 4.95. The zero-order valence-corrected chi connectivity index (χ0v) is 10.8. The molecule has 1 aliphatic carbocycles. The first-order valence-corrected chi connectivity index (χ1v) is 7.08. The van der Waals surface area contributed by atoms with Crippen molar-refractivity contribution in [1.82, 2.24) is 20.3 Å². The van der Waals surface area contributed by atoms with Crippen LogP contribution in [-0.2, 0) is 11.3 Å². The van der Waals surface area contributed by atoms with Gasteiger partial charge in [0.15, 0.2) is 0 Å². The van der Waals surface area contributed by atoms with Gasteiger partial charge in [-0.25, -0.2) is 0 Å². The molecule has 2 heterocycles. The molecule has 1 spiro atoms. The van der Waals surface area contributed by atoms with Crippen LogP contribution in [0.1, 0.15) is 38.5 Å². The van der Waals surface area contributed by atoms with E-state index >= 15 is 0 Å². The van der Waals surface area contributed by atoms with Gasteiger partial charge in [-0.15, -0.1) is 5.10 Å². The SMILES string of the molecule is c1cn(CCCNC2CCOC3(CCC3)C2)nn1. The smallest absolute Gasteiger partial charge is 0.0697 e. The Morgan fingerprint density at radius 1 is 1.44 bits per heavy atom. The molecular weight excluding hydrogens is 228 g/mol. The number of hydrogen-bond donors (Lipinski definition) is 1. The van der Waals surface area contributed by atoms with E-state index in [1.165, 1.54) is 25.7 Å². The van der Waals surface area contributed by atoms with Gasteiger partial charge in [-0.3, -0.25) is 4.68 Å². The normalized spacial score (nSPS) is 26.1. The minimum Gasteiger partial charge on any atom is -0.375 e. The Hall–Kier alpha value is -0.940. The van der Waals surface area contributed by atoms with E-state index < -0.39 is 0 Å². The Labute approximate surface area is 108 Å². The van der Waals surface area contributed by atoms with Crippen molar-refractivity contribution in [1.29, 1.82) is 0 Å². The number of nitrogens with one attached hydrogen (secondary N) is 1. The van der Waals surface area contributed by atoms with E-state index in [1.807, 2.05) is 10.9 Å². The van der Waals surface area contributed by atoms with E-state index in [4.69, 9.17) is 4.74 Å². The van der Waals surface area contributed by atoms with E-state index in [1.54, 1.807) is 6.20 Å². The summed E-state index contributed by atoms with van der Waals surface area (Å²) in [6.45, 7) is 2.93. The number of ether oxygens (including phenoxy) is 1. The average molecular weight is 250 g/mol. The largest absolute Gasteiger partial charge is 0.375 e. The lowest BCUT2D eigenvalue weighted by Gasteiger charge is -2.47. The highest BCUT2D eigenvalue weighted by Crippen LogP contribution is 2.42. The lowest BCUT2D eigenvalue weighted by atomic mass is 9.74. The van der Waals surface area contributed by atoms with E-state index in [9.17, 15) is 0 Å². The van der Waals surface area contributed by atoms with Crippen molar-refractivity contribution in [2.24, 2.45) is 0 Å². The molecule has 1 N–H and O–H groups in total. The zero-order chi connectivity index (χ0) is 12.3. The quantitative estimate of drug-likeness (QED) is 0.802. The molecule has 1 saturated heterocycles. The minimum absolute atomic E-state index is 0.252. The zero-order valence-electron chi connectivity index (χ0n) is 10.8. The molecule has 2 aliphatic rings. The van der Waals surface area contributed by atoms with E-state index in [0.717, 1.165) is 32.5 Å². The number of aryl methyl sites for hydroxylation is 1. The van der Waals surface area contributed by atoms with Crippen LogP contribution in [0.25, 0.3) is 0 Å². The van der Waals surface area contributed by atoms with E-state index in [-0.39, 0.29) is 5.60 Å². The molecule has 1 atom stereocenters. The second kappa shape index (κ2) is 5.36. The second-order valence-corrected chi connectivity index (χ2v) is 5.55. The third-order valence-corrected chi connectivity index (χ3v) is 4.23. The summed E-state index contributed by atoms with van der Waals surface area (Å²) in [6, 6.07) is 0.648. The van der Waals surface area contributed by atoms with Gasteiger partial charge in [0.05, 0.1) is 11.8 Å². The maximum absolute atomic E-state index is 5.93.